The standard InChI is InChI=1S/C63H109NO8/c1-6-8-10-12-14-16-17-18-19-20-21-22-23-24-25-26-27-28-29-30-31-32-33-34-35-36-37-38-39-40-41-42-43-44-45-46-48-50-52-54-61(66)72-59(58-71-63(62(67)68)69-56-55-64(3,4)5)57-70-60(65)53-51-49-47-15-13-11-9-7-2/h8,10,14,16,18-19,21-22,24-25,27-28,30-31,59,63H,6-7,9,11-13,15,17,20,23,26,29,32-58H2,1-5H3/b10-8-,16-14-,19-18-,22-21-,25-24-,28-27-,31-30-. The minimum absolute atomic E-state index is 0.147. The topological polar surface area (TPSA) is 111 Å². The maximum Gasteiger partial charge on any atom is 0.306 e. The summed E-state index contributed by atoms with van der Waals surface area (Å²) < 4.78 is 22.6. The Balaban J connectivity index is 3.95. The van der Waals surface area contributed by atoms with Gasteiger partial charge in [-0.3, -0.25) is 9.59 Å². The summed E-state index contributed by atoms with van der Waals surface area (Å²) >= 11 is 0. The number of quaternary nitrogens is 1. The Morgan fingerprint density at radius 1 is 0.431 bits per heavy atom. The number of nitrogens with zero attached hydrogens (tertiary/aromatic N) is 1. The van der Waals surface area contributed by atoms with Crippen LogP contribution in [0.25, 0.3) is 0 Å². The van der Waals surface area contributed by atoms with Crippen LogP contribution in [0.5, 0.6) is 0 Å². The number of unbranched alkanes of at least 4 members (excludes halogenated alkanes) is 24. The maximum atomic E-state index is 12.8. The van der Waals surface area contributed by atoms with Crippen LogP contribution in [0.3, 0.4) is 0 Å². The number of carbonyl (C=O) groups is 3. The van der Waals surface area contributed by atoms with Crippen molar-refractivity contribution in [3.63, 3.8) is 0 Å². The second-order valence-corrected chi connectivity index (χ2v) is 20.6. The smallest absolute Gasteiger partial charge is 0.306 e. The third-order valence-corrected chi connectivity index (χ3v) is 12.4. The molecule has 0 saturated heterocycles. The van der Waals surface area contributed by atoms with Crippen molar-refractivity contribution in [2.75, 3.05) is 47.5 Å². The number of allylic oxidation sites excluding steroid dienone is 14. The molecule has 414 valence electrons. The molecular weight excluding hydrogens is 899 g/mol. The SMILES string of the molecule is CC/C=C\C/C=C\C/C=C\C/C=C\C/C=C\C/C=C\C/C=C\CCCCCCCCCCCCCCCCCCCC(=O)OC(COC(=O)CCCCCCCCCC)COC(OCC[N+](C)(C)C)C(=O)[O-]. The van der Waals surface area contributed by atoms with Crippen LogP contribution in [0.15, 0.2) is 85.1 Å². The number of rotatable bonds is 53. The van der Waals surface area contributed by atoms with E-state index in [-0.39, 0.29) is 32.2 Å². The fraction of sp³-hybridized carbons (Fsp3) is 0.730. The lowest BCUT2D eigenvalue weighted by Crippen LogP contribution is -2.44. The highest BCUT2D eigenvalue weighted by atomic mass is 16.7. The van der Waals surface area contributed by atoms with E-state index in [2.05, 4.69) is 98.9 Å². The molecule has 0 saturated carbocycles. The summed E-state index contributed by atoms with van der Waals surface area (Å²) in [6, 6.07) is 0. The first-order chi connectivity index (χ1) is 35.1. The third kappa shape index (κ3) is 54.2. The van der Waals surface area contributed by atoms with Gasteiger partial charge in [0.25, 0.3) is 0 Å². The molecule has 0 amide bonds. The van der Waals surface area contributed by atoms with Gasteiger partial charge in [-0.2, -0.15) is 0 Å². The molecule has 9 heteroatoms. The van der Waals surface area contributed by atoms with Gasteiger partial charge >= 0.3 is 11.9 Å². The number of carboxylic acids is 1. The molecular formula is C63H109NO8. The fourth-order valence-electron chi connectivity index (χ4n) is 7.93. The number of aliphatic carboxylic acids is 1. The van der Waals surface area contributed by atoms with Crippen molar-refractivity contribution in [3.05, 3.63) is 85.1 Å². The van der Waals surface area contributed by atoms with E-state index in [1.807, 2.05) is 21.1 Å². The molecule has 0 aromatic heterocycles. The highest BCUT2D eigenvalue weighted by Crippen LogP contribution is 2.16. The number of hydrogen-bond acceptors (Lipinski definition) is 8. The molecule has 2 atom stereocenters. The number of likely N-dealkylation sites (N-methyl/N-ethyl adjacent to an activating group) is 1. The van der Waals surface area contributed by atoms with Gasteiger partial charge in [0.15, 0.2) is 12.4 Å². The summed E-state index contributed by atoms with van der Waals surface area (Å²) in [5, 5.41) is 11.7. The van der Waals surface area contributed by atoms with Gasteiger partial charge < -0.3 is 33.3 Å². The zero-order valence-corrected chi connectivity index (χ0v) is 47.0. The van der Waals surface area contributed by atoms with Crippen molar-refractivity contribution in [2.45, 2.75) is 251 Å². The van der Waals surface area contributed by atoms with Gasteiger partial charge in [0.05, 0.1) is 40.3 Å². The van der Waals surface area contributed by atoms with Crippen molar-refractivity contribution in [2.24, 2.45) is 0 Å². The average Bonchev–Trinajstić information content (AvgIpc) is 3.35. The van der Waals surface area contributed by atoms with Crippen molar-refractivity contribution in [3.8, 4) is 0 Å². The molecule has 2 unspecified atom stereocenters. The Bertz CT molecular complexity index is 1450. The van der Waals surface area contributed by atoms with E-state index >= 15 is 0 Å². The summed E-state index contributed by atoms with van der Waals surface area (Å²) in [6.07, 6.45) is 68.2. The molecule has 0 spiro atoms. The van der Waals surface area contributed by atoms with Gasteiger partial charge in [0.2, 0.25) is 0 Å². The molecule has 0 aromatic carbocycles. The molecule has 0 heterocycles. The predicted octanol–water partition coefficient (Wildman–Crippen LogP) is 15.8. The first kappa shape index (κ1) is 68.5. The van der Waals surface area contributed by atoms with Crippen molar-refractivity contribution < 1.29 is 42.9 Å². The normalized spacial score (nSPS) is 13.4. The molecule has 0 rings (SSSR count). The lowest BCUT2D eigenvalue weighted by Gasteiger charge is -2.26. The van der Waals surface area contributed by atoms with E-state index < -0.39 is 24.3 Å². The summed E-state index contributed by atoms with van der Waals surface area (Å²) in [6.45, 7) is 4.60. The van der Waals surface area contributed by atoms with Gasteiger partial charge in [-0.05, 0) is 70.6 Å². The largest absolute Gasteiger partial charge is 0.545 e. The number of carbonyl (C=O) groups excluding carboxylic acids is 3. The predicted molar refractivity (Wildman–Crippen MR) is 301 cm³/mol. The zero-order chi connectivity index (χ0) is 52.7. The first-order valence-electron chi connectivity index (χ1n) is 29.2. The third-order valence-electron chi connectivity index (χ3n) is 12.4. The van der Waals surface area contributed by atoms with Gasteiger partial charge in [-0.25, -0.2) is 0 Å². The van der Waals surface area contributed by atoms with E-state index in [0.717, 1.165) is 77.0 Å². The monoisotopic (exact) mass is 1010 g/mol. The first-order valence-corrected chi connectivity index (χ1v) is 29.2. The number of carboxylic acid groups (broad SMARTS) is 1. The van der Waals surface area contributed by atoms with Crippen LogP contribution in [0.2, 0.25) is 0 Å². The Labute approximate surface area is 442 Å². The van der Waals surface area contributed by atoms with Crippen molar-refractivity contribution in [1.82, 2.24) is 0 Å². The highest BCUT2D eigenvalue weighted by Gasteiger charge is 2.22. The summed E-state index contributed by atoms with van der Waals surface area (Å²) in [4.78, 5) is 37.0. The summed E-state index contributed by atoms with van der Waals surface area (Å²) in [7, 11) is 5.91. The minimum atomic E-state index is -1.62. The van der Waals surface area contributed by atoms with Crippen LogP contribution in [-0.4, -0.2) is 82.3 Å². The van der Waals surface area contributed by atoms with Gasteiger partial charge in [-0.15, -0.1) is 0 Å². The van der Waals surface area contributed by atoms with Crippen LogP contribution in [0, 0.1) is 0 Å². The number of esters is 2. The Hall–Kier alpha value is -3.53. The molecule has 0 N–H and O–H groups in total. The van der Waals surface area contributed by atoms with E-state index in [0.29, 0.717) is 23.9 Å². The van der Waals surface area contributed by atoms with Gasteiger partial charge in [0, 0.05) is 12.8 Å². The highest BCUT2D eigenvalue weighted by molar-refractivity contribution is 5.70. The van der Waals surface area contributed by atoms with E-state index in [1.165, 1.54) is 128 Å². The molecule has 0 bridgehead atoms. The number of ether oxygens (including phenoxy) is 4. The molecule has 0 aliphatic carbocycles. The van der Waals surface area contributed by atoms with Crippen LogP contribution in [-0.2, 0) is 33.3 Å². The Morgan fingerprint density at radius 3 is 1.18 bits per heavy atom. The van der Waals surface area contributed by atoms with Crippen molar-refractivity contribution >= 4 is 17.9 Å². The van der Waals surface area contributed by atoms with Crippen LogP contribution < -0.4 is 5.11 Å². The van der Waals surface area contributed by atoms with Crippen molar-refractivity contribution in [1.29, 1.82) is 0 Å². The number of hydrogen-bond donors (Lipinski definition) is 0. The molecule has 72 heavy (non-hydrogen) atoms. The lowest BCUT2D eigenvalue weighted by atomic mass is 10.0. The van der Waals surface area contributed by atoms with E-state index in [1.54, 1.807) is 0 Å². The summed E-state index contributed by atoms with van der Waals surface area (Å²) in [5.41, 5.74) is 0. The Morgan fingerprint density at radius 2 is 0.792 bits per heavy atom. The van der Waals surface area contributed by atoms with Gasteiger partial charge in [0.1, 0.15) is 13.2 Å². The van der Waals surface area contributed by atoms with E-state index in [9.17, 15) is 19.5 Å². The van der Waals surface area contributed by atoms with Gasteiger partial charge in [-0.1, -0.05) is 240 Å². The summed E-state index contributed by atoms with van der Waals surface area (Å²) in [5.74, 6) is -2.28. The fourth-order valence-corrected chi connectivity index (χ4v) is 7.93. The average molecular weight is 1010 g/mol. The molecule has 0 aromatic rings. The molecule has 0 aliphatic rings. The molecule has 0 aliphatic heterocycles. The second kappa shape index (κ2) is 53.8. The quantitative estimate of drug-likeness (QED) is 0.0195. The molecule has 9 nitrogen and oxygen atoms in total. The Kier molecular flexibility index (Phi) is 51.1. The molecule has 0 fully saturated rings. The van der Waals surface area contributed by atoms with Crippen LogP contribution >= 0.6 is 0 Å². The second-order valence-electron chi connectivity index (χ2n) is 20.6. The lowest BCUT2D eigenvalue weighted by molar-refractivity contribution is -0.870. The molecule has 0 radical (unpaired) electrons. The zero-order valence-electron chi connectivity index (χ0n) is 47.0. The van der Waals surface area contributed by atoms with E-state index in [4.69, 9.17) is 18.9 Å². The minimum Gasteiger partial charge on any atom is -0.545 e. The van der Waals surface area contributed by atoms with Crippen LogP contribution in [0.1, 0.15) is 239 Å². The van der Waals surface area contributed by atoms with Crippen LogP contribution in [0.4, 0.5) is 0 Å². The maximum absolute atomic E-state index is 12.8.